The zero-order valence-electron chi connectivity index (χ0n) is 20.0. The standard InChI is InChI=1S/C29H28F2N2O2/c1-18-6-4-7-22-26(18)28(2,3)16-29(35,17-30)27(22)32-23-8-5-9-24-21(23)14-15-25(34)33(24)20-12-10-19(31)11-13-20/h4-15,27,32,35H,16-17H2,1-3H3. The van der Waals surface area contributed by atoms with E-state index in [-0.39, 0.29) is 17.8 Å². The third-order valence-electron chi connectivity index (χ3n) is 7.13. The Kier molecular flexibility index (Phi) is 5.52. The Morgan fingerprint density at radius 1 is 1.03 bits per heavy atom. The van der Waals surface area contributed by atoms with Crippen LogP contribution in [0.5, 0.6) is 0 Å². The van der Waals surface area contributed by atoms with Gasteiger partial charge in [-0.15, -0.1) is 0 Å². The van der Waals surface area contributed by atoms with E-state index in [1.165, 1.54) is 22.8 Å². The summed E-state index contributed by atoms with van der Waals surface area (Å²) < 4.78 is 29.5. The largest absolute Gasteiger partial charge is 0.385 e. The molecule has 0 amide bonds. The molecule has 1 heterocycles. The Hall–Kier alpha value is -3.51. The van der Waals surface area contributed by atoms with Gasteiger partial charge in [0, 0.05) is 22.8 Å². The summed E-state index contributed by atoms with van der Waals surface area (Å²) in [7, 11) is 0. The van der Waals surface area contributed by atoms with Crippen molar-refractivity contribution in [1.82, 2.24) is 4.57 Å². The van der Waals surface area contributed by atoms with Crippen LogP contribution in [0.1, 0.15) is 43.0 Å². The predicted octanol–water partition coefficient (Wildman–Crippen LogP) is 5.97. The fourth-order valence-corrected chi connectivity index (χ4v) is 5.85. The molecule has 0 spiro atoms. The van der Waals surface area contributed by atoms with Crippen molar-refractivity contribution in [3.63, 3.8) is 0 Å². The van der Waals surface area contributed by atoms with Gasteiger partial charge >= 0.3 is 0 Å². The van der Waals surface area contributed by atoms with Gasteiger partial charge in [0.05, 0.1) is 11.6 Å². The normalized spacial score (nSPS) is 21.0. The molecule has 3 aromatic carbocycles. The molecule has 0 bridgehead atoms. The van der Waals surface area contributed by atoms with Gasteiger partial charge in [0.1, 0.15) is 18.1 Å². The summed E-state index contributed by atoms with van der Waals surface area (Å²) in [6.07, 6.45) is 0.261. The van der Waals surface area contributed by atoms with Gasteiger partial charge in [0.2, 0.25) is 0 Å². The lowest BCUT2D eigenvalue weighted by atomic mass is 9.63. The van der Waals surface area contributed by atoms with Gasteiger partial charge in [-0.05, 0) is 77.9 Å². The highest BCUT2D eigenvalue weighted by molar-refractivity contribution is 5.92. The number of hydrogen-bond donors (Lipinski definition) is 2. The highest BCUT2D eigenvalue weighted by Crippen LogP contribution is 2.50. The Morgan fingerprint density at radius 2 is 1.74 bits per heavy atom. The molecule has 1 aliphatic carbocycles. The number of pyridine rings is 1. The van der Waals surface area contributed by atoms with Crippen molar-refractivity contribution in [2.75, 3.05) is 12.0 Å². The molecule has 0 fully saturated rings. The lowest BCUT2D eigenvalue weighted by Crippen LogP contribution is -2.51. The van der Waals surface area contributed by atoms with Crippen LogP contribution in [-0.4, -0.2) is 21.9 Å². The van der Waals surface area contributed by atoms with Crippen LogP contribution >= 0.6 is 0 Å². The van der Waals surface area contributed by atoms with Gasteiger partial charge in [0.15, 0.2) is 0 Å². The monoisotopic (exact) mass is 474 g/mol. The van der Waals surface area contributed by atoms with E-state index in [1.54, 1.807) is 18.2 Å². The summed E-state index contributed by atoms with van der Waals surface area (Å²) >= 11 is 0. The van der Waals surface area contributed by atoms with E-state index in [4.69, 9.17) is 0 Å². The third-order valence-corrected chi connectivity index (χ3v) is 7.13. The highest BCUT2D eigenvalue weighted by atomic mass is 19.1. The fourth-order valence-electron chi connectivity index (χ4n) is 5.85. The first kappa shape index (κ1) is 23.2. The van der Waals surface area contributed by atoms with Crippen molar-refractivity contribution in [3.8, 4) is 5.69 Å². The lowest BCUT2D eigenvalue weighted by molar-refractivity contribution is -0.0345. The summed E-state index contributed by atoms with van der Waals surface area (Å²) in [5.74, 6) is -0.385. The molecule has 180 valence electrons. The molecule has 1 aromatic heterocycles. The number of hydrogen-bond acceptors (Lipinski definition) is 3. The minimum absolute atomic E-state index is 0.248. The lowest BCUT2D eigenvalue weighted by Gasteiger charge is -2.48. The minimum atomic E-state index is -1.61. The molecule has 2 unspecified atom stereocenters. The number of aromatic nitrogens is 1. The number of benzene rings is 3. The average Bonchev–Trinajstić information content (AvgIpc) is 2.82. The van der Waals surface area contributed by atoms with Crippen LogP contribution in [0, 0.1) is 12.7 Å². The van der Waals surface area contributed by atoms with E-state index in [0.29, 0.717) is 16.9 Å². The molecule has 4 aromatic rings. The summed E-state index contributed by atoms with van der Waals surface area (Å²) in [6.45, 7) is 5.22. The Balaban J connectivity index is 1.68. The van der Waals surface area contributed by atoms with E-state index in [1.807, 2.05) is 57.2 Å². The van der Waals surface area contributed by atoms with E-state index < -0.39 is 23.7 Å². The molecular weight excluding hydrogens is 446 g/mol. The van der Waals surface area contributed by atoms with Gasteiger partial charge in [-0.3, -0.25) is 9.36 Å². The quantitative estimate of drug-likeness (QED) is 0.383. The predicted molar refractivity (Wildman–Crippen MR) is 136 cm³/mol. The Morgan fingerprint density at radius 3 is 2.46 bits per heavy atom. The average molecular weight is 475 g/mol. The molecule has 0 aliphatic heterocycles. The number of anilines is 1. The molecule has 5 rings (SSSR count). The molecule has 0 saturated heterocycles. The molecule has 6 heteroatoms. The first-order chi connectivity index (χ1) is 16.6. The van der Waals surface area contributed by atoms with Crippen molar-refractivity contribution in [2.24, 2.45) is 0 Å². The first-order valence-corrected chi connectivity index (χ1v) is 11.7. The maximum Gasteiger partial charge on any atom is 0.255 e. The number of aryl methyl sites for hydroxylation is 1. The van der Waals surface area contributed by atoms with E-state index >= 15 is 0 Å². The highest BCUT2D eigenvalue weighted by Gasteiger charge is 2.49. The molecule has 2 atom stereocenters. The molecular formula is C29H28F2N2O2. The maximum absolute atomic E-state index is 14.5. The zero-order valence-corrected chi connectivity index (χ0v) is 20.0. The topological polar surface area (TPSA) is 54.3 Å². The van der Waals surface area contributed by atoms with Crippen LogP contribution in [0.2, 0.25) is 0 Å². The first-order valence-electron chi connectivity index (χ1n) is 11.7. The van der Waals surface area contributed by atoms with Crippen LogP contribution in [0.25, 0.3) is 16.6 Å². The molecule has 2 N–H and O–H groups in total. The van der Waals surface area contributed by atoms with Gasteiger partial charge in [-0.25, -0.2) is 8.78 Å². The van der Waals surface area contributed by atoms with Crippen molar-refractivity contribution < 1.29 is 13.9 Å². The van der Waals surface area contributed by atoms with Crippen LogP contribution < -0.4 is 10.9 Å². The van der Waals surface area contributed by atoms with Crippen LogP contribution in [0.3, 0.4) is 0 Å². The number of aliphatic hydroxyl groups is 1. The van der Waals surface area contributed by atoms with Crippen molar-refractivity contribution >= 4 is 16.6 Å². The summed E-state index contributed by atoms with van der Waals surface area (Å²) in [5, 5.41) is 15.7. The number of halogens is 2. The van der Waals surface area contributed by atoms with E-state index in [9.17, 15) is 18.7 Å². The Bertz CT molecular complexity index is 1480. The summed E-state index contributed by atoms with van der Waals surface area (Å²) in [4.78, 5) is 12.8. The Labute approximate surface area is 202 Å². The zero-order chi connectivity index (χ0) is 25.0. The SMILES string of the molecule is Cc1cccc2c1C(C)(C)CC(O)(CF)C2Nc1cccc2c1ccc(=O)n2-c1ccc(F)cc1. The van der Waals surface area contributed by atoms with Crippen LogP contribution in [0.15, 0.2) is 77.6 Å². The third kappa shape index (κ3) is 3.82. The fraction of sp³-hybridized carbons (Fsp3) is 0.276. The number of alkyl halides is 1. The summed E-state index contributed by atoms with van der Waals surface area (Å²) in [6, 6.07) is 19.6. The number of rotatable bonds is 4. The van der Waals surface area contributed by atoms with Crippen LogP contribution in [0.4, 0.5) is 14.5 Å². The second-order valence-corrected chi connectivity index (χ2v) is 10.1. The van der Waals surface area contributed by atoms with Gasteiger partial charge in [0.25, 0.3) is 5.56 Å². The van der Waals surface area contributed by atoms with Crippen LogP contribution in [-0.2, 0) is 5.41 Å². The molecule has 35 heavy (non-hydrogen) atoms. The summed E-state index contributed by atoms with van der Waals surface area (Å²) in [5.41, 5.74) is 2.65. The van der Waals surface area contributed by atoms with Crippen molar-refractivity contribution in [2.45, 2.75) is 44.2 Å². The second-order valence-electron chi connectivity index (χ2n) is 10.1. The van der Waals surface area contributed by atoms with Crippen molar-refractivity contribution in [3.05, 3.63) is 106 Å². The minimum Gasteiger partial charge on any atom is -0.385 e. The molecule has 0 radical (unpaired) electrons. The van der Waals surface area contributed by atoms with Gasteiger partial charge < -0.3 is 10.4 Å². The number of fused-ring (bicyclic) bond motifs is 2. The van der Waals surface area contributed by atoms with Gasteiger partial charge in [-0.2, -0.15) is 0 Å². The second kappa shape index (κ2) is 8.31. The van der Waals surface area contributed by atoms with E-state index in [2.05, 4.69) is 5.32 Å². The molecule has 1 aliphatic rings. The number of nitrogens with one attached hydrogen (secondary N) is 1. The molecule has 4 nitrogen and oxygen atoms in total. The van der Waals surface area contributed by atoms with Gasteiger partial charge in [-0.1, -0.05) is 38.1 Å². The van der Waals surface area contributed by atoms with Crippen molar-refractivity contribution in [1.29, 1.82) is 0 Å². The van der Waals surface area contributed by atoms with E-state index in [0.717, 1.165) is 22.1 Å². The number of nitrogens with zero attached hydrogens (tertiary/aromatic N) is 1. The smallest absolute Gasteiger partial charge is 0.255 e. The maximum atomic E-state index is 14.5. The molecule has 0 saturated carbocycles.